The number of hydrogen-bond acceptors (Lipinski definition) is 4. The molecule has 2 aromatic rings. The van der Waals surface area contributed by atoms with E-state index in [-0.39, 0.29) is 18.5 Å². The van der Waals surface area contributed by atoms with Crippen LogP contribution in [0.4, 0.5) is 5.69 Å². The number of nitrogens with one attached hydrogen (secondary N) is 1. The zero-order valence-corrected chi connectivity index (χ0v) is 22.9. The number of para-hydroxylation sites is 1. The van der Waals surface area contributed by atoms with Gasteiger partial charge in [-0.3, -0.25) is 13.9 Å². The van der Waals surface area contributed by atoms with Crippen molar-refractivity contribution in [3.8, 4) is 0 Å². The zero-order chi connectivity index (χ0) is 25.6. The van der Waals surface area contributed by atoms with Gasteiger partial charge >= 0.3 is 0 Å². The molecule has 0 aliphatic heterocycles. The van der Waals surface area contributed by atoms with Crippen molar-refractivity contribution in [2.45, 2.75) is 64.6 Å². The monoisotopic (exact) mass is 563 g/mol. The molecule has 1 saturated carbocycles. The fraction of sp³-hybridized carbons (Fsp3) is 0.462. The van der Waals surface area contributed by atoms with Crippen molar-refractivity contribution in [1.82, 2.24) is 10.2 Å². The van der Waals surface area contributed by atoms with Crippen molar-refractivity contribution < 1.29 is 18.0 Å². The van der Waals surface area contributed by atoms with E-state index in [2.05, 4.69) is 21.2 Å². The molecule has 1 atom stereocenters. The van der Waals surface area contributed by atoms with Crippen LogP contribution in [0.15, 0.2) is 53.0 Å². The van der Waals surface area contributed by atoms with Crippen molar-refractivity contribution in [2.24, 2.45) is 0 Å². The summed E-state index contributed by atoms with van der Waals surface area (Å²) < 4.78 is 27.3. The molecule has 0 bridgehead atoms. The van der Waals surface area contributed by atoms with Crippen molar-refractivity contribution >= 4 is 43.5 Å². The quantitative estimate of drug-likeness (QED) is 0.490. The summed E-state index contributed by atoms with van der Waals surface area (Å²) in [5.74, 6) is -0.660. The van der Waals surface area contributed by atoms with Crippen LogP contribution >= 0.6 is 15.9 Å². The number of halogens is 1. The molecule has 1 unspecified atom stereocenters. The molecule has 190 valence electrons. The fourth-order valence-electron chi connectivity index (χ4n) is 4.42. The Balaban J connectivity index is 1.88. The van der Waals surface area contributed by atoms with Gasteiger partial charge in [0.25, 0.3) is 0 Å². The Labute approximate surface area is 217 Å². The van der Waals surface area contributed by atoms with Crippen LogP contribution in [0, 0.1) is 6.92 Å². The van der Waals surface area contributed by atoms with E-state index in [1.807, 2.05) is 30.3 Å². The van der Waals surface area contributed by atoms with Gasteiger partial charge in [-0.05, 0) is 56.0 Å². The first-order valence-corrected chi connectivity index (χ1v) is 14.6. The summed E-state index contributed by atoms with van der Waals surface area (Å²) in [4.78, 5) is 28.3. The Morgan fingerprint density at radius 1 is 1.09 bits per heavy atom. The van der Waals surface area contributed by atoms with E-state index in [1.54, 1.807) is 32.0 Å². The van der Waals surface area contributed by atoms with E-state index >= 15 is 0 Å². The first-order chi connectivity index (χ1) is 16.6. The highest BCUT2D eigenvalue weighted by atomic mass is 79.9. The standard InChI is InChI=1S/C26H34BrN3O4S/c1-19-10-7-8-15-24(19)30(35(3,33)34)18-25(31)29(17-21-11-9-12-22(27)16-21)20(2)26(32)28-23-13-5-4-6-14-23/h7-12,15-16,20,23H,4-6,13-14,17-18H2,1-3H3,(H,28,32). The minimum Gasteiger partial charge on any atom is -0.352 e. The number of carbonyl (C=O) groups excluding carboxylic acids is 2. The highest BCUT2D eigenvalue weighted by Gasteiger charge is 2.31. The zero-order valence-electron chi connectivity index (χ0n) is 20.5. The third-order valence-corrected chi connectivity index (χ3v) is 8.04. The summed E-state index contributed by atoms with van der Waals surface area (Å²) in [7, 11) is -3.74. The third kappa shape index (κ3) is 7.54. The number of amides is 2. The molecule has 0 saturated heterocycles. The number of carbonyl (C=O) groups is 2. The lowest BCUT2D eigenvalue weighted by Gasteiger charge is -2.33. The van der Waals surface area contributed by atoms with Crippen molar-refractivity contribution in [2.75, 3.05) is 17.1 Å². The second kappa shape index (κ2) is 12.0. The van der Waals surface area contributed by atoms with Gasteiger partial charge in [0.1, 0.15) is 12.6 Å². The summed E-state index contributed by atoms with van der Waals surface area (Å²) in [6.45, 7) is 3.30. The van der Waals surface area contributed by atoms with Crippen LogP contribution in [-0.4, -0.2) is 50.0 Å². The largest absolute Gasteiger partial charge is 0.352 e. The summed E-state index contributed by atoms with van der Waals surface area (Å²) in [6.07, 6.45) is 6.31. The molecule has 1 N–H and O–H groups in total. The van der Waals surface area contributed by atoms with Crippen LogP contribution in [0.5, 0.6) is 0 Å². The van der Waals surface area contributed by atoms with Gasteiger partial charge in [-0.2, -0.15) is 0 Å². The fourth-order valence-corrected chi connectivity index (χ4v) is 5.78. The Kier molecular flexibility index (Phi) is 9.35. The Hall–Kier alpha value is -2.39. The number of aryl methyl sites for hydroxylation is 1. The number of hydrogen-bond donors (Lipinski definition) is 1. The van der Waals surface area contributed by atoms with Crippen LogP contribution in [-0.2, 0) is 26.2 Å². The highest BCUT2D eigenvalue weighted by Crippen LogP contribution is 2.23. The summed E-state index contributed by atoms with van der Waals surface area (Å²) in [6, 6.07) is 13.9. The highest BCUT2D eigenvalue weighted by molar-refractivity contribution is 9.10. The molecule has 0 radical (unpaired) electrons. The number of nitrogens with zero attached hydrogens (tertiary/aromatic N) is 2. The predicted octanol–water partition coefficient (Wildman–Crippen LogP) is 4.39. The Bertz CT molecular complexity index is 1150. The molecule has 2 aromatic carbocycles. The topological polar surface area (TPSA) is 86.8 Å². The first-order valence-electron chi connectivity index (χ1n) is 11.9. The average molecular weight is 565 g/mol. The van der Waals surface area contributed by atoms with E-state index < -0.39 is 28.5 Å². The number of sulfonamides is 1. The maximum absolute atomic E-state index is 13.6. The van der Waals surface area contributed by atoms with Crippen molar-refractivity contribution in [1.29, 1.82) is 0 Å². The van der Waals surface area contributed by atoms with Crippen molar-refractivity contribution in [3.63, 3.8) is 0 Å². The molecule has 1 aliphatic rings. The van der Waals surface area contributed by atoms with E-state index in [9.17, 15) is 18.0 Å². The molecule has 1 aliphatic carbocycles. The smallest absolute Gasteiger partial charge is 0.244 e. The predicted molar refractivity (Wildman–Crippen MR) is 143 cm³/mol. The summed E-state index contributed by atoms with van der Waals surface area (Å²) in [5, 5.41) is 3.10. The molecule has 2 amide bonds. The van der Waals surface area contributed by atoms with Gasteiger partial charge in [0.15, 0.2) is 0 Å². The van der Waals surface area contributed by atoms with Gasteiger partial charge in [0.2, 0.25) is 21.8 Å². The molecule has 3 rings (SSSR count). The number of benzene rings is 2. The summed E-state index contributed by atoms with van der Waals surface area (Å²) in [5.41, 5.74) is 2.03. The van der Waals surface area contributed by atoms with Gasteiger partial charge < -0.3 is 10.2 Å². The van der Waals surface area contributed by atoms with Crippen molar-refractivity contribution in [3.05, 3.63) is 64.1 Å². The summed E-state index contributed by atoms with van der Waals surface area (Å²) >= 11 is 3.46. The van der Waals surface area contributed by atoms with E-state index in [0.717, 1.165) is 51.8 Å². The molecular weight excluding hydrogens is 530 g/mol. The van der Waals surface area contributed by atoms with Crippen LogP contribution < -0.4 is 9.62 Å². The van der Waals surface area contributed by atoms with E-state index in [0.29, 0.717) is 5.69 Å². The van der Waals surface area contributed by atoms with Gasteiger partial charge in [0, 0.05) is 17.1 Å². The van der Waals surface area contributed by atoms with Gasteiger partial charge in [0.05, 0.1) is 11.9 Å². The van der Waals surface area contributed by atoms with Crippen LogP contribution in [0.1, 0.15) is 50.2 Å². The maximum Gasteiger partial charge on any atom is 0.244 e. The number of rotatable bonds is 9. The molecule has 0 aromatic heterocycles. The molecular formula is C26H34BrN3O4S. The maximum atomic E-state index is 13.6. The lowest BCUT2D eigenvalue weighted by Crippen LogP contribution is -2.53. The second-order valence-electron chi connectivity index (χ2n) is 9.23. The Morgan fingerprint density at radius 3 is 2.40 bits per heavy atom. The molecule has 35 heavy (non-hydrogen) atoms. The molecule has 9 heteroatoms. The van der Waals surface area contributed by atoms with E-state index in [1.165, 1.54) is 11.3 Å². The minimum atomic E-state index is -3.74. The normalized spacial score (nSPS) is 15.3. The Morgan fingerprint density at radius 2 is 1.77 bits per heavy atom. The van der Waals surface area contributed by atoms with Crippen LogP contribution in [0.2, 0.25) is 0 Å². The second-order valence-corrected chi connectivity index (χ2v) is 12.0. The van der Waals surface area contributed by atoms with E-state index in [4.69, 9.17) is 0 Å². The van der Waals surface area contributed by atoms with Gasteiger partial charge in [-0.1, -0.05) is 65.5 Å². The third-order valence-electron chi connectivity index (χ3n) is 6.42. The lowest BCUT2D eigenvalue weighted by molar-refractivity contribution is -0.139. The van der Waals surface area contributed by atoms with Crippen LogP contribution in [0.25, 0.3) is 0 Å². The number of anilines is 1. The first kappa shape index (κ1) is 27.2. The minimum absolute atomic E-state index is 0.112. The SMILES string of the molecule is Cc1ccccc1N(CC(=O)N(Cc1cccc(Br)c1)C(C)C(=O)NC1CCCCC1)S(C)(=O)=O. The molecule has 0 heterocycles. The molecule has 0 spiro atoms. The molecule has 7 nitrogen and oxygen atoms in total. The lowest BCUT2D eigenvalue weighted by atomic mass is 9.95. The van der Waals surface area contributed by atoms with Crippen LogP contribution in [0.3, 0.4) is 0 Å². The van der Waals surface area contributed by atoms with Gasteiger partial charge in [-0.25, -0.2) is 8.42 Å². The van der Waals surface area contributed by atoms with Gasteiger partial charge in [-0.15, -0.1) is 0 Å². The molecule has 1 fully saturated rings. The average Bonchev–Trinajstić information content (AvgIpc) is 2.81.